The number of halogens is 5. The van der Waals surface area contributed by atoms with E-state index < -0.39 is 41.6 Å². The van der Waals surface area contributed by atoms with E-state index in [1.807, 2.05) is 0 Å². The number of alkyl halides is 5. The highest BCUT2D eigenvalue weighted by Gasteiger charge is 2.80. The van der Waals surface area contributed by atoms with Crippen LogP contribution in [0.15, 0.2) is 12.2 Å². The fourth-order valence-electron chi connectivity index (χ4n) is 4.06. The van der Waals surface area contributed by atoms with E-state index in [1.165, 1.54) is 6.92 Å². The first-order chi connectivity index (χ1) is 10.8. The second-order valence-electron chi connectivity index (χ2n) is 6.93. The number of rotatable bonds is 5. The summed E-state index contributed by atoms with van der Waals surface area (Å²) in [6.45, 7) is 5.37. The van der Waals surface area contributed by atoms with Crippen molar-refractivity contribution in [2.45, 2.75) is 69.3 Å². The largest absolute Gasteiger partial charge is 0.449 e. The van der Waals surface area contributed by atoms with Gasteiger partial charge in [0.25, 0.3) is 0 Å². The zero-order valence-corrected chi connectivity index (χ0v) is 13.6. The van der Waals surface area contributed by atoms with E-state index in [0.717, 1.165) is 6.92 Å². The zero-order chi connectivity index (χ0) is 18.6. The Labute approximate surface area is 136 Å². The van der Waals surface area contributed by atoms with Gasteiger partial charge in [-0.2, -0.15) is 22.0 Å². The molecule has 2 bridgehead atoms. The standard InChI is InChI=1S/C16H21F5O3/c1-4-14(23,16(19,20)21)15(17,18)13(24-12(22)9(2)3)8-10-5-6-11(13)7-10/h10-11,23H,2,4-8H2,1,3H3. The maximum Gasteiger partial charge on any atom is 0.423 e. The first kappa shape index (κ1) is 19.1. The normalized spacial score (nSPS) is 32.5. The summed E-state index contributed by atoms with van der Waals surface area (Å²) < 4.78 is 75.0. The van der Waals surface area contributed by atoms with Gasteiger partial charge in [0.15, 0.2) is 5.60 Å². The molecule has 2 fully saturated rings. The molecular weight excluding hydrogens is 335 g/mol. The molecular formula is C16H21F5O3. The number of carbonyl (C=O) groups is 1. The van der Waals surface area contributed by atoms with E-state index in [1.54, 1.807) is 0 Å². The topological polar surface area (TPSA) is 46.5 Å². The summed E-state index contributed by atoms with van der Waals surface area (Å²) in [6.07, 6.45) is -6.09. The third-order valence-corrected chi connectivity index (χ3v) is 5.45. The van der Waals surface area contributed by atoms with Crippen molar-refractivity contribution in [3.8, 4) is 0 Å². The first-order valence-corrected chi connectivity index (χ1v) is 7.88. The summed E-state index contributed by atoms with van der Waals surface area (Å²) in [5.74, 6) is -6.99. The van der Waals surface area contributed by atoms with Crippen LogP contribution in [0.3, 0.4) is 0 Å². The minimum atomic E-state index is -5.56. The molecule has 2 saturated carbocycles. The van der Waals surface area contributed by atoms with Gasteiger partial charge in [0.1, 0.15) is 0 Å². The lowest BCUT2D eigenvalue weighted by atomic mass is 9.71. The van der Waals surface area contributed by atoms with Crippen LogP contribution in [-0.2, 0) is 9.53 Å². The summed E-state index contributed by atoms with van der Waals surface area (Å²) in [6, 6.07) is 0. The van der Waals surface area contributed by atoms with Crippen LogP contribution in [0.5, 0.6) is 0 Å². The van der Waals surface area contributed by atoms with Crippen molar-refractivity contribution in [1.82, 2.24) is 0 Å². The Morgan fingerprint density at radius 3 is 2.21 bits per heavy atom. The van der Waals surface area contributed by atoms with Crippen LogP contribution >= 0.6 is 0 Å². The molecule has 0 amide bonds. The Balaban J connectivity index is 2.54. The van der Waals surface area contributed by atoms with E-state index in [9.17, 15) is 23.1 Å². The molecule has 4 atom stereocenters. The van der Waals surface area contributed by atoms with Gasteiger partial charge in [0, 0.05) is 11.5 Å². The average Bonchev–Trinajstić information content (AvgIpc) is 3.05. The first-order valence-electron chi connectivity index (χ1n) is 7.88. The van der Waals surface area contributed by atoms with Crippen LogP contribution in [0.2, 0.25) is 0 Å². The van der Waals surface area contributed by atoms with E-state index in [0.29, 0.717) is 6.42 Å². The highest BCUT2D eigenvalue weighted by Crippen LogP contribution is 2.63. The van der Waals surface area contributed by atoms with Crippen LogP contribution < -0.4 is 0 Å². The summed E-state index contributed by atoms with van der Waals surface area (Å²) in [4.78, 5) is 11.9. The van der Waals surface area contributed by atoms with Crippen LogP contribution in [0, 0.1) is 11.8 Å². The molecule has 0 saturated heterocycles. The van der Waals surface area contributed by atoms with Crippen molar-refractivity contribution in [1.29, 1.82) is 0 Å². The van der Waals surface area contributed by atoms with Gasteiger partial charge in [-0.05, 0) is 44.9 Å². The van der Waals surface area contributed by atoms with Crippen molar-refractivity contribution in [3.05, 3.63) is 12.2 Å². The second-order valence-corrected chi connectivity index (χ2v) is 6.93. The Kier molecular flexibility index (Phi) is 4.53. The lowest BCUT2D eigenvalue weighted by molar-refractivity contribution is -0.374. The molecule has 0 aliphatic heterocycles. The Bertz CT molecular complexity index is 544. The number of hydrogen-bond donors (Lipinski definition) is 1. The van der Waals surface area contributed by atoms with Gasteiger partial charge < -0.3 is 9.84 Å². The lowest BCUT2D eigenvalue weighted by Crippen LogP contribution is -2.70. The monoisotopic (exact) mass is 356 g/mol. The molecule has 138 valence electrons. The van der Waals surface area contributed by atoms with E-state index >= 15 is 8.78 Å². The molecule has 0 heterocycles. The molecule has 0 spiro atoms. The van der Waals surface area contributed by atoms with Gasteiger partial charge >= 0.3 is 18.1 Å². The molecule has 2 aliphatic rings. The van der Waals surface area contributed by atoms with Gasteiger partial charge in [0.05, 0.1) is 0 Å². The third kappa shape index (κ3) is 2.45. The minimum absolute atomic E-state index is 0.181. The fourth-order valence-corrected chi connectivity index (χ4v) is 4.06. The number of hydrogen-bond acceptors (Lipinski definition) is 3. The summed E-state index contributed by atoms with van der Waals surface area (Å²) >= 11 is 0. The van der Waals surface area contributed by atoms with Crippen molar-refractivity contribution in [2.24, 2.45) is 11.8 Å². The van der Waals surface area contributed by atoms with Gasteiger partial charge in [-0.1, -0.05) is 13.5 Å². The summed E-state index contributed by atoms with van der Waals surface area (Å²) in [5.41, 5.74) is -7.11. The highest BCUT2D eigenvalue weighted by atomic mass is 19.4. The molecule has 4 unspecified atom stereocenters. The van der Waals surface area contributed by atoms with Gasteiger partial charge in [0.2, 0.25) is 5.60 Å². The number of carbonyl (C=O) groups excluding carboxylic acids is 1. The third-order valence-electron chi connectivity index (χ3n) is 5.45. The minimum Gasteiger partial charge on any atom is -0.449 e. The highest BCUT2D eigenvalue weighted by molar-refractivity contribution is 5.87. The Hall–Kier alpha value is -1.18. The fraction of sp³-hybridized carbons (Fsp3) is 0.812. The van der Waals surface area contributed by atoms with Crippen LogP contribution in [0.25, 0.3) is 0 Å². The van der Waals surface area contributed by atoms with Crippen molar-refractivity contribution >= 4 is 5.97 Å². The SMILES string of the molecule is C=C(C)C(=O)OC1(C(F)(F)C(O)(CC)C(F)(F)F)CC2CCC1C2. The molecule has 0 radical (unpaired) electrons. The number of aliphatic hydroxyl groups is 1. The van der Waals surface area contributed by atoms with E-state index in [-0.39, 0.29) is 30.8 Å². The maximum absolute atomic E-state index is 15.1. The van der Waals surface area contributed by atoms with E-state index in [2.05, 4.69) is 6.58 Å². The lowest BCUT2D eigenvalue weighted by Gasteiger charge is -2.49. The maximum atomic E-state index is 15.1. The quantitative estimate of drug-likeness (QED) is 0.460. The molecule has 2 rings (SSSR count). The van der Waals surface area contributed by atoms with Gasteiger partial charge in [-0.15, -0.1) is 0 Å². The van der Waals surface area contributed by atoms with Crippen molar-refractivity contribution < 1.29 is 36.6 Å². The van der Waals surface area contributed by atoms with Crippen LogP contribution in [0.4, 0.5) is 22.0 Å². The Morgan fingerprint density at radius 1 is 1.29 bits per heavy atom. The Morgan fingerprint density at radius 2 is 1.88 bits per heavy atom. The molecule has 24 heavy (non-hydrogen) atoms. The van der Waals surface area contributed by atoms with E-state index in [4.69, 9.17) is 4.74 Å². The predicted molar refractivity (Wildman–Crippen MR) is 75.3 cm³/mol. The molecule has 0 aromatic carbocycles. The summed E-state index contributed by atoms with van der Waals surface area (Å²) in [5, 5.41) is 9.90. The molecule has 0 aromatic heterocycles. The zero-order valence-electron chi connectivity index (χ0n) is 13.6. The second kappa shape index (κ2) is 5.68. The van der Waals surface area contributed by atoms with Gasteiger partial charge in [-0.25, -0.2) is 4.79 Å². The molecule has 1 N–H and O–H groups in total. The molecule has 3 nitrogen and oxygen atoms in total. The van der Waals surface area contributed by atoms with Crippen molar-refractivity contribution in [2.75, 3.05) is 0 Å². The van der Waals surface area contributed by atoms with Gasteiger partial charge in [-0.3, -0.25) is 0 Å². The molecule has 0 aromatic rings. The smallest absolute Gasteiger partial charge is 0.423 e. The molecule has 8 heteroatoms. The van der Waals surface area contributed by atoms with Crippen molar-refractivity contribution in [3.63, 3.8) is 0 Å². The summed E-state index contributed by atoms with van der Waals surface area (Å²) in [7, 11) is 0. The molecule has 2 aliphatic carbocycles. The number of ether oxygens (including phenoxy) is 1. The number of fused-ring (bicyclic) bond motifs is 2. The average molecular weight is 356 g/mol. The van der Waals surface area contributed by atoms with Crippen LogP contribution in [-0.4, -0.2) is 34.4 Å². The van der Waals surface area contributed by atoms with Crippen LogP contribution in [0.1, 0.15) is 46.0 Å². The number of esters is 1. The predicted octanol–water partition coefficient (Wildman–Crippen LogP) is 4.00.